The van der Waals surface area contributed by atoms with Gasteiger partial charge in [0.15, 0.2) is 0 Å². The predicted octanol–water partition coefficient (Wildman–Crippen LogP) is -1.20. The van der Waals surface area contributed by atoms with Gasteiger partial charge in [-0.25, -0.2) is 24.0 Å². The summed E-state index contributed by atoms with van der Waals surface area (Å²) in [7, 11) is -2.18. The number of carbonyl (C=O) groups excluding carboxylic acids is 1. The van der Waals surface area contributed by atoms with Crippen LogP contribution < -0.4 is 21.3 Å². The van der Waals surface area contributed by atoms with E-state index in [1.807, 2.05) is 0 Å². The number of rotatable bonds is 9. The number of hydrogen-bond acceptors (Lipinski definition) is 7. The second kappa shape index (κ2) is 8.52. The van der Waals surface area contributed by atoms with Crippen LogP contribution in [-0.4, -0.2) is 46.1 Å². The summed E-state index contributed by atoms with van der Waals surface area (Å²) in [6, 6.07) is 2.63. The van der Waals surface area contributed by atoms with Gasteiger partial charge in [0, 0.05) is 38.9 Å². The Kier molecular flexibility index (Phi) is 7.02. The number of ether oxygens (including phenoxy) is 1. The lowest BCUT2D eigenvalue weighted by Gasteiger charge is -2.08. The monoisotopic (exact) mass is 317 g/mol. The van der Waals surface area contributed by atoms with Crippen molar-refractivity contribution in [2.45, 2.75) is 11.3 Å². The highest BCUT2D eigenvalue weighted by Gasteiger charge is 2.14. The number of nitrogens with two attached hydrogens (primary N) is 1. The number of amides is 1. The summed E-state index contributed by atoms with van der Waals surface area (Å²) in [4.78, 5) is 15.2. The molecule has 0 saturated heterocycles. The van der Waals surface area contributed by atoms with E-state index in [0.717, 1.165) is 0 Å². The second-order valence-electron chi connectivity index (χ2n) is 4.01. The molecule has 0 saturated carbocycles. The van der Waals surface area contributed by atoms with Gasteiger partial charge in [-0.15, -0.1) is 0 Å². The van der Waals surface area contributed by atoms with Crippen LogP contribution in [0.1, 0.15) is 6.42 Å². The van der Waals surface area contributed by atoms with Gasteiger partial charge in [-0.2, -0.15) is 0 Å². The van der Waals surface area contributed by atoms with Crippen molar-refractivity contribution in [3.63, 3.8) is 0 Å². The molecule has 1 aromatic heterocycles. The number of carbonyl (C=O) groups is 1. The molecule has 0 radical (unpaired) electrons. The zero-order valence-electron chi connectivity index (χ0n) is 11.6. The minimum atomic E-state index is -3.70. The number of hydrogen-bond donors (Lipinski definition) is 4. The highest BCUT2D eigenvalue weighted by atomic mass is 32.2. The maximum absolute atomic E-state index is 12.0. The van der Waals surface area contributed by atoms with Crippen LogP contribution in [0.15, 0.2) is 23.2 Å². The summed E-state index contributed by atoms with van der Waals surface area (Å²) in [6.45, 7) is 0.788. The first kappa shape index (κ1) is 17.3. The van der Waals surface area contributed by atoms with Crippen LogP contribution in [0.5, 0.6) is 0 Å². The first-order valence-electron chi connectivity index (χ1n) is 6.17. The van der Waals surface area contributed by atoms with Crippen molar-refractivity contribution in [3.05, 3.63) is 18.3 Å². The van der Waals surface area contributed by atoms with Crippen LogP contribution in [0.25, 0.3) is 0 Å². The molecule has 0 spiro atoms. The number of anilines is 1. The van der Waals surface area contributed by atoms with Crippen molar-refractivity contribution < 1.29 is 17.9 Å². The molecule has 0 aliphatic rings. The van der Waals surface area contributed by atoms with E-state index in [0.29, 0.717) is 13.2 Å². The second-order valence-corrected chi connectivity index (χ2v) is 5.78. The van der Waals surface area contributed by atoms with Crippen LogP contribution in [0.4, 0.5) is 5.82 Å². The molecule has 0 unspecified atom stereocenters. The van der Waals surface area contributed by atoms with Gasteiger partial charge in [-0.05, 0) is 6.07 Å². The summed E-state index contributed by atoms with van der Waals surface area (Å²) in [6.07, 6.45) is 1.36. The fraction of sp³-hybridized carbons (Fsp3) is 0.455. The molecule has 0 aliphatic carbocycles. The molecular formula is C11H19N5O4S. The van der Waals surface area contributed by atoms with Crippen LogP contribution >= 0.6 is 0 Å². The summed E-state index contributed by atoms with van der Waals surface area (Å²) < 4.78 is 31.1. The Balaban J connectivity index is 2.47. The number of nitrogens with one attached hydrogen (secondary N) is 3. The van der Waals surface area contributed by atoms with Crippen molar-refractivity contribution in [2.75, 3.05) is 32.2 Å². The van der Waals surface area contributed by atoms with Crippen LogP contribution in [0.3, 0.4) is 0 Å². The Hall–Kier alpha value is -1.75. The molecular weight excluding hydrogens is 298 g/mol. The van der Waals surface area contributed by atoms with Gasteiger partial charge in [0.05, 0.1) is 11.5 Å². The molecule has 1 heterocycles. The quantitative estimate of drug-likeness (QED) is 0.255. The third-order valence-electron chi connectivity index (χ3n) is 2.46. The molecule has 0 fully saturated rings. The zero-order chi connectivity index (χ0) is 15.7. The minimum absolute atomic E-state index is 0.00510. The Morgan fingerprint density at radius 1 is 1.43 bits per heavy atom. The van der Waals surface area contributed by atoms with E-state index >= 15 is 0 Å². The first-order chi connectivity index (χ1) is 9.99. The van der Waals surface area contributed by atoms with E-state index in [2.05, 4.69) is 20.4 Å². The van der Waals surface area contributed by atoms with Gasteiger partial charge in [0.25, 0.3) is 0 Å². The zero-order valence-corrected chi connectivity index (χ0v) is 12.4. The predicted molar refractivity (Wildman–Crippen MR) is 76.7 cm³/mol. The third-order valence-corrected chi connectivity index (χ3v) is 3.92. The largest absolute Gasteiger partial charge is 0.383 e. The summed E-state index contributed by atoms with van der Waals surface area (Å²) in [5.41, 5.74) is 2.26. The number of methoxy groups -OCH3 is 1. The lowest BCUT2D eigenvalue weighted by Crippen LogP contribution is -2.32. The molecule has 118 valence electrons. The Bertz CT molecular complexity index is 563. The Morgan fingerprint density at radius 2 is 2.19 bits per heavy atom. The van der Waals surface area contributed by atoms with Gasteiger partial charge in [0.2, 0.25) is 15.9 Å². The average molecular weight is 317 g/mol. The van der Waals surface area contributed by atoms with Crippen molar-refractivity contribution in [1.82, 2.24) is 15.0 Å². The number of sulfonamides is 1. The Labute approximate surface area is 123 Å². The third kappa shape index (κ3) is 6.04. The van der Waals surface area contributed by atoms with E-state index in [1.165, 1.54) is 25.4 Å². The molecule has 1 aromatic rings. The van der Waals surface area contributed by atoms with Gasteiger partial charge in [-0.1, -0.05) is 0 Å². The van der Waals surface area contributed by atoms with Crippen molar-refractivity contribution in [2.24, 2.45) is 5.84 Å². The van der Waals surface area contributed by atoms with Crippen LogP contribution in [0.2, 0.25) is 0 Å². The fourth-order valence-corrected chi connectivity index (χ4v) is 2.46. The maximum Gasteiger partial charge on any atom is 0.240 e. The molecule has 10 heteroatoms. The lowest BCUT2D eigenvalue weighted by atomic mass is 10.4. The number of aromatic nitrogens is 1. The molecule has 9 nitrogen and oxygen atoms in total. The molecule has 21 heavy (non-hydrogen) atoms. The smallest absolute Gasteiger partial charge is 0.240 e. The summed E-state index contributed by atoms with van der Waals surface area (Å²) >= 11 is 0. The number of pyridine rings is 1. The first-order valence-corrected chi connectivity index (χ1v) is 7.66. The maximum atomic E-state index is 12.0. The van der Waals surface area contributed by atoms with Crippen molar-refractivity contribution in [1.29, 1.82) is 0 Å². The van der Waals surface area contributed by atoms with Crippen molar-refractivity contribution >= 4 is 21.7 Å². The summed E-state index contributed by atoms with van der Waals surface area (Å²) in [5.74, 6) is 5.14. The highest BCUT2D eigenvalue weighted by Crippen LogP contribution is 2.11. The van der Waals surface area contributed by atoms with E-state index in [1.54, 1.807) is 0 Å². The normalized spacial score (nSPS) is 11.1. The van der Waals surface area contributed by atoms with E-state index in [4.69, 9.17) is 10.6 Å². The molecule has 0 aliphatic heterocycles. The van der Waals surface area contributed by atoms with Crippen LogP contribution in [-0.2, 0) is 19.6 Å². The number of hydrazine groups is 1. The highest BCUT2D eigenvalue weighted by molar-refractivity contribution is 7.89. The molecule has 1 rings (SSSR count). The SMILES string of the molecule is COCCNC(=O)CCNS(=O)(=O)c1ccnc(NN)c1. The molecule has 1 amide bonds. The molecule has 0 atom stereocenters. The van der Waals surface area contributed by atoms with Gasteiger partial charge in [-0.3, -0.25) is 4.79 Å². The average Bonchev–Trinajstić information content (AvgIpc) is 2.47. The minimum Gasteiger partial charge on any atom is -0.383 e. The molecule has 0 bridgehead atoms. The molecule has 0 aromatic carbocycles. The van der Waals surface area contributed by atoms with Gasteiger partial charge < -0.3 is 15.5 Å². The number of nitrogen functional groups attached to an aromatic ring is 1. The van der Waals surface area contributed by atoms with Crippen LogP contribution in [0, 0.1) is 0 Å². The van der Waals surface area contributed by atoms with Crippen molar-refractivity contribution in [3.8, 4) is 0 Å². The standard InChI is InChI=1S/C11H19N5O4S/c1-20-7-6-14-11(17)3-5-15-21(18,19)9-2-4-13-10(8-9)16-12/h2,4,8,15H,3,5-7,12H2,1H3,(H,13,16)(H,14,17). The van der Waals surface area contributed by atoms with E-state index in [9.17, 15) is 13.2 Å². The topological polar surface area (TPSA) is 135 Å². The van der Waals surface area contributed by atoms with Gasteiger partial charge in [0.1, 0.15) is 5.82 Å². The van der Waals surface area contributed by atoms with E-state index < -0.39 is 10.0 Å². The summed E-state index contributed by atoms with van der Waals surface area (Å²) in [5, 5.41) is 2.59. The Morgan fingerprint density at radius 3 is 2.86 bits per heavy atom. The number of nitrogens with zero attached hydrogens (tertiary/aromatic N) is 1. The molecule has 5 N–H and O–H groups in total. The lowest BCUT2D eigenvalue weighted by molar-refractivity contribution is -0.121. The van der Waals surface area contributed by atoms with Gasteiger partial charge >= 0.3 is 0 Å². The fourth-order valence-electron chi connectivity index (χ4n) is 1.42. The van der Waals surface area contributed by atoms with E-state index in [-0.39, 0.29) is 29.6 Å².